The molecule has 4 rings (SSSR count). The molecular weight excluding hydrogens is 366 g/mol. The monoisotopic (exact) mass is 389 g/mol. The van der Waals surface area contributed by atoms with Crippen molar-refractivity contribution in [1.29, 1.82) is 0 Å². The molecule has 0 saturated heterocycles. The van der Waals surface area contributed by atoms with Crippen molar-refractivity contribution < 1.29 is 14.3 Å². The zero-order valence-corrected chi connectivity index (χ0v) is 16.5. The van der Waals surface area contributed by atoms with E-state index >= 15 is 0 Å². The van der Waals surface area contributed by atoms with Gasteiger partial charge < -0.3 is 19.7 Å². The number of para-hydroxylation sites is 1. The number of nitrogens with zero attached hydrogens (tertiary/aromatic N) is 2. The summed E-state index contributed by atoms with van der Waals surface area (Å²) in [6.07, 6.45) is 5.24. The summed E-state index contributed by atoms with van der Waals surface area (Å²) in [5.41, 5.74) is 4.21. The number of aromatic nitrogens is 1. The van der Waals surface area contributed by atoms with E-state index in [9.17, 15) is 4.79 Å². The molecule has 2 heterocycles. The van der Waals surface area contributed by atoms with Gasteiger partial charge in [-0.2, -0.15) is 0 Å². The molecule has 1 aliphatic heterocycles. The number of pyridine rings is 1. The van der Waals surface area contributed by atoms with Crippen LogP contribution in [0.3, 0.4) is 0 Å². The summed E-state index contributed by atoms with van der Waals surface area (Å²) in [5.74, 6) is 1.30. The van der Waals surface area contributed by atoms with Crippen molar-refractivity contribution in [2.24, 2.45) is 0 Å². The Morgan fingerprint density at radius 1 is 1.07 bits per heavy atom. The number of anilines is 3. The number of fused-ring (bicyclic) bond motifs is 1. The third kappa shape index (κ3) is 3.87. The fraction of sp³-hybridized carbons (Fsp3) is 0.217. The van der Waals surface area contributed by atoms with Crippen LogP contribution in [0.5, 0.6) is 11.5 Å². The molecule has 148 valence electrons. The SMILES string of the molecule is COc1ccc(Nc2cncc(C(=O)N3CCCc4ccccc43)c2)c(OC)c1. The highest BCUT2D eigenvalue weighted by atomic mass is 16.5. The lowest BCUT2D eigenvalue weighted by molar-refractivity contribution is 0.0985. The smallest absolute Gasteiger partial charge is 0.259 e. The number of carbonyl (C=O) groups excluding carboxylic acids is 1. The molecule has 0 unspecified atom stereocenters. The van der Waals surface area contributed by atoms with Gasteiger partial charge in [0.15, 0.2) is 0 Å². The second kappa shape index (κ2) is 8.22. The molecule has 6 nitrogen and oxygen atoms in total. The third-order valence-corrected chi connectivity index (χ3v) is 5.03. The molecular formula is C23H23N3O3. The van der Waals surface area contributed by atoms with Gasteiger partial charge in [0.05, 0.1) is 37.4 Å². The number of benzene rings is 2. The summed E-state index contributed by atoms with van der Waals surface area (Å²) in [6.45, 7) is 0.708. The van der Waals surface area contributed by atoms with E-state index in [-0.39, 0.29) is 5.91 Å². The number of hydrogen-bond acceptors (Lipinski definition) is 5. The van der Waals surface area contributed by atoms with Gasteiger partial charge in [0.2, 0.25) is 0 Å². The molecule has 1 N–H and O–H groups in total. The van der Waals surface area contributed by atoms with Gasteiger partial charge in [-0.25, -0.2) is 0 Å². The van der Waals surface area contributed by atoms with Gasteiger partial charge in [-0.1, -0.05) is 18.2 Å². The first kappa shape index (κ1) is 18.8. The first-order valence-corrected chi connectivity index (χ1v) is 9.53. The lowest BCUT2D eigenvalue weighted by Crippen LogP contribution is -2.35. The first-order valence-electron chi connectivity index (χ1n) is 9.53. The zero-order chi connectivity index (χ0) is 20.2. The van der Waals surface area contributed by atoms with Gasteiger partial charge in [-0.05, 0) is 42.7 Å². The first-order chi connectivity index (χ1) is 14.2. The van der Waals surface area contributed by atoms with Gasteiger partial charge in [0.25, 0.3) is 5.91 Å². The molecule has 1 aromatic heterocycles. The lowest BCUT2D eigenvalue weighted by Gasteiger charge is -2.29. The molecule has 0 spiro atoms. The van der Waals surface area contributed by atoms with E-state index in [1.165, 1.54) is 5.56 Å². The number of amides is 1. The van der Waals surface area contributed by atoms with Gasteiger partial charge in [-0.15, -0.1) is 0 Å². The van der Waals surface area contributed by atoms with Crippen LogP contribution in [0.25, 0.3) is 0 Å². The second-order valence-electron chi connectivity index (χ2n) is 6.84. The lowest BCUT2D eigenvalue weighted by atomic mass is 10.0. The highest BCUT2D eigenvalue weighted by Gasteiger charge is 2.23. The van der Waals surface area contributed by atoms with Crippen LogP contribution in [0.1, 0.15) is 22.3 Å². The zero-order valence-electron chi connectivity index (χ0n) is 16.5. The van der Waals surface area contributed by atoms with E-state index in [0.29, 0.717) is 29.3 Å². The van der Waals surface area contributed by atoms with E-state index in [1.807, 2.05) is 41.3 Å². The van der Waals surface area contributed by atoms with Crippen molar-refractivity contribution >= 4 is 23.0 Å². The van der Waals surface area contributed by atoms with Crippen molar-refractivity contribution in [3.63, 3.8) is 0 Å². The fourth-order valence-electron chi connectivity index (χ4n) is 3.58. The second-order valence-corrected chi connectivity index (χ2v) is 6.84. The Labute approximate surface area is 170 Å². The summed E-state index contributed by atoms with van der Waals surface area (Å²) in [6, 6.07) is 15.4. The number of methoxy groups -OCH3 is 2. The molecule has 0 fully saturated rings. The molecule has 0 saturated carbocycles. The molecule has 3 aromatic rings. The van der Waals surface area contributed by atoms with E-state index in [4.69, 9.17) is 9.47 Å². The van der Waals surface area contributed by atoms with Crippen molar-refractivity contribution in [3.05, 3.63) is 72.1 Å². The highest BCUT2D eigenvalue weighted by Crippen LogP contribution is 2.32. The quantitative estimate of drug-likeness (QED) is 0.699. The Morgan fingerprint density at radius 2 is 1.93 bits per heavy atom. The molecule has 0 atom stereocenters. The Hall–Kier alpha value is -3.54. The number of nitrogens with one attached hydrogen (secondary N) is 1. The summed E-state index contributed by atoms with van der Waals surface area (Å²) < 4.78 is 10.7. The van der Waals surface area contributed by atoms with E-state index < -0.39 is 0 Å². The van der Waals surface area contributed by atoms with E-state index in [1.54, 1.807) is 32.7 Å². The van der Waals surface area contributed by atoms with E-state index in [2.05, 4.69) is 16.4 Å². The van der Waals surface area contributed by atoms with Crippen molar-refractivity contribution in [2.75, 3.05) is 31.0 Å². The van der Waals surface area contributed by atoms with Crippen LogP contribution in [0.4, 0.5) is 17.1 Å². The van der Waals surface area contributed by atoms with Crippen molar-refractivity contribution in [3.8, 4) is 11.5 Å². The number of ether oxygens (including phenoxy) is 2. The normalized spacial score (nSPS) is 12.8. The Morgan fingerprint density at radius 3 is 2.76 bits per heavy atom. The molecule has 2 aromatic carbocycles. The molecule has 0 aliphatic carbocycles. The van der Waals surface area contributed by atoms with Crippen LogP contribution in [-0.4, -0.2) is 31.7 Å². The Kier molecular flexibility index (Phi) is 5.33. The summed E-state index contributed by atoms with van der Waals surface area (Å²) in [7, 11) is 3.21. The van der Waals surface area contributed by atoms with Crippen LogP contribution in [0.15, 0.2) is 60.9 Å². The number of aryl methyl sites for hydroxylation is 1. The van der Waals surface area contributed by atoms with Gasteiger partial charge in [0.1, 0.15) is 11.5 Å². The number of rotatable bonds is 5. The number of carbonyl (C=O) groups is 1. The molecule has 0 bridgehead atoms. The van der Waals surface area contributed by atoms with Crippen LogP contribution in [-0.2, 0) is 6.42 Å². The third-order valence-electron chi connectivity index (χ3n) is 5.03. The van der Waals surface area contributed by atoms with Crippen LogP contribution in [0.2, 0.25) is 0 Å². The molecule has 0 radical (unpaired) electrons. The average Bonchev–Trinajstić information content (AvgIpc) is 2.78. The Balaban J connectivity index is 1.59. The number of hydrogen-bond donors (Lipinski definition) is 1. The standard InChI is InChI=1S/C23H23N3O3/c1-28-19-9-10-20(22(13-19)29-2)25-18-12-17(14-24-15-18)23(27)26-11-5-7-16-6-3-4-8-21(16)26/h3-4,6,8-10,12-15,25H,5,7,11H2,1-2H3. The van der Waals surface area contributed by atoms with Gasteiger partial charge >= 0.3 is 0 Å². The minimum Gasteiger partial charge on any atom is -0.497 e. The van der Waals surface area contributed by atoms with Gasteiger partial charge in [0, 0.05) is 24.5 Å². The average molecular weight is 389 g/mol. The van der Waals surface area contributed by atoms with E-state index in [0.717, 1.165) is 24.2 Å². The van der Waals surface area contributed by atoms with Gasteiger partial charge in [-0.3, -0.25) is 9.78 Å². The minimum absolute atomic E-state index is 0.0463. The maximum atomic E-state index is 13.2. The Bertz CT molecular complexity index is 1040. The largest absolute Gasteiger partial charge is 0.497 e. The molecule has 6 heteroatoms. The highest BCUT2D eigenvalue weighted by molar-refractivity contribution is 6.07. The predicted molar refractivity (Wildman–Crippen MR) is 114 cm³/mol. The van der Waals surface area contributed by atoms with Crippen molar-refractivity contribution in [2.45, 2.75) is 12.8 Å². The van der Waals surface area contributed by atoms with Crippen LogP contribution in [0, 0.1) is 0 Å². The topological polar surface area (TPSA) is 63.7 Å². The van der Waals surface area contributed by atoms with Crippen LogP contribution >= 0.6 is 0 Å². The van der Waals surface area contributed by atoms with Crippen molar-refractivity contribution in [1.82, 2.24) is 4.98 Å². The minimum atomic E-state index is -0.0463. The summed E-state index contributed by atoms with van der Waals surface area (Å²) in [5, 5.41) is 3.28. The molecule has 29 heavy (non-hydrogen) atoms. The molecule has 1 amide bonds. The maximum Gasteiger partial charge on any atom is 0.259 e. The van der Waals surface area contributed by atoms with Crippen LogP contribution < -0.4 is 19.7 Å². The fourth-order valence-corrected chi connectivity index (χ4v) is 3.58. The summed E-state index contributed by atoms with van der Waals surface area (Å²) in [4.78, 5) is 19.3. The molecule has 1 aliphatic rings. The maximum absolute atomic E-state index is 13.2. The summed E-state index contributed by atoms with van der Waals surface area (Å²) >= 11 is 0. The predicted octanol–water partition coefficient (Wildman–Crippen LogP) is 4.44.